The first kappa shape index (κ1) is 17.9. The van der Waals surface area contributed by atoms with Crippen molar-refractivity contribution < 1.29 is 26.3 Å². The van der Waals surface area contributed by atoms with Gasteiger partial charge in [0.2, 0.25) is 0 Å². The maximum Gasteiger partial charge on any atom is 0.573 e. The normalized spacial score (nSPS) is 11.6. The van der Waals surface area contributed by atoms with Crippen molar-refractivity contribution in [1.29, 1.82) is 5.26 Å². The summed E-state index contributed by atoms with van der Waals surface area (Å²) in [7, 11) is -4.04. The van der Waals surface area contributed by atoms with E-state index in [1.54, 1.807) is 0 Å². The van der Waals surface area contributed by atoms with E-state index >= 15 is 0 Å². The summed E-state index contributed by atoms with van der Waals surface area (Å²) in [5, 5.41) is 8.82. The number of ether oxygens (including phenoxy) is 1. The Hall–Kier alpha value is -2.44. The summed E-state index contributed by atoms with van der Waals surface area (Å²) in [5.74, 6) is -0.539. The van der Waals surface area contributed by atoms with Crippen molar-refractivity contribution in [1.82, 2.24) is 0 Å². The van der Waals surface area contributed by atoms with E-state index < -0.39 is 22.1 Å². The molecule has 0 fully saturated rings. The quantitative estimate of drug-likeness (QED) is 0.877. The number of nitriles is 1. The SMILES string of the molecule is N#Cc1ccc(NS(=O)(=O)c2ccc(OC(F)(F)F)cc2)cc1Cl. The van der Waals surface area contributed by atoms with Crippen LogP contribution in [0.2, 0.25) is 5.02 Å². The lowest BCUT2D eigenvalue weighted by Crippen LogP contribution is -2.17. The van der Waals surface area contributed by atoms with Crippen molar-refractivity contribution in [3.63, 3.8) is 0 Å². The molecule has 0 aliphatic heterocycles. The molecule has 0 aliphatic rings. The molecule has 0 atom stereocenters. The Morgan fingerprint density at radius 2 is 1.75 bits per heavy atom. The number of hydrogen-bond acceptors (Lipinski definition) is 4. The summed E-state index contributed by atoms with van der Waals surface area (Å²) in [6.07, 6.45) is -4.86. The van der Waals surface area contributed by atoms with E-state index in [9.17, 15) is 21.6 Å². The van der Waals surface area contributed by atoms with Gasteiger partial charge < -0.3 is 4.74 Å². The van der Waals surface area contributed by atoms with Crippen molar-refractivity contribution >= 4 is 27.3 Å². The molecular weight excluding hydrogens is 369 g/mol. The Labute approximate surface area is 140 Å². The lowest BCUT2D eigenvalue weighted by atomic mass is 10.2. The number of hydrogen-bond donors (Lipinski definition) is 1. The van der Waals surface area contributed by atoms with Gasteiger partial charge in [0.1, 0.15) is 11.8 Å². The molecule has 0 aliphatic carbocycles. The zero-order valence-corrected chi connectivity index (χ0v) is 13.2. The highest BCUT2D eigenvalue weighted by Gasteiger charge is 2.31. The smallest absolute Gasteiger partial charge is 0.406 e. The Kier molecular flexibility index (Phi) is 4.91. The fraction of sp³-hybridized carbons (Fsp3) is 0.0714. The van der Waals surface area contributed by atoms with Crippen LogP contribution in [-0.2, 0) is 10.0 Å². The van der Waals surface area contributed by atoms with E-state index in [4.69, 9.17) is 16.9 Å². The molecule has 0 radical (unpaired) electrons. The minimum absolute atomic E-state index is 0.0617. The van der Waals surface area contributed by atoms with Crippen molar-refractivity contribution in [2.24, 2.45) is 0 Å². The van der Waals surface area contributed by atoms with Crippen LogP contribution in [0.3, 0.4) is 0 Å². The van der Waals surface area contributed by atoms with Gasteiger partial charge in [0.25, 0.3) is 10.0 Å². The summed E-state index contributed by atoms with van der Waals surface area (Å²) < 4.78 is 66.5. The molecule has 2 aromatic carbocycles. The van der Waals surface area contributed by atoms with Gasteiger partial charge >= 0.3 is 6.36 Å². The van der Waals surface area contributed by atoms with Crippen LogP contribution < -0.4 is 9.46 Å². The molecule has 0 spiro atoms. The molecule has 0 amide bonds. The minimum atomic E-state index is -4.86. The second-order valence-electron chi connectivity index (χ2n) is 4.43. The van der Waals surface area contributed by atoms with E-state index in [2.05, 4.69) is 9.46 Å². The van der Waals surface area contributed by atoms with Crippen molar-refractivity contribution in [2.45, 2.75) is 11.3 Å². The van der Waals surface area contributed by atoms with Crippen LogP contribution in [0, 0.1) is 11.3 Å². The van der Waals surface area contributed by atoms with Gasteiger partial charge in [0.05, 0.1) is 21.2 Å². The van der Waals surface area contributed by atoms with Crippen LogP contribution >= 0.6 is 11.6 Å². The molecule has 24 heavy (non-hydrogen) atoms. The van der Waals surface area contributed by atoms with E-state index in [0.29, 0.717) is 0 Å². The lowest BCUT2D eigenvalue weighted by Gasteiger charge is -2.11. The first-order valence-corrected chi connectivity index (χ1v) is 8.05. The van der Waals surface area contributed by atoms with Gasteiger partial charge in [-0.15, -0.1) is 13.2 Å². The molecule has 0 saturated carbocycles. The van der Waals surface area contributed by atoms with Gasteiger partial charge in [-0.3, -0.25) is 4.72 Å². The second-order valence-corrected chi connectivity index (χ2v) is 6.52. The number of nitrogens with one attached hydrogen (secondary N) is 1. The minimum Gasteiger partial charge on any atom is -0.406 e. The van der Waals surface area contributed by atoms with Crippen LogP contribution in [0.4, 0.5) is 18.9 Å². The second kappa shape index (κ2) is 6.59. The van der Waals surface area contributed by atoms with Crippen molar-refractivity contribution in [2.75, 3.05) is 4.72 Å². The highest BCUT2D eigenvalue weighted by molar-refractivity contribution is 7.92. The van der Waals surface area contributed by atoms with Crippen LogP contribution in [0.1, 0.15) is 5.56 Å². The van der Waals surface area contributed by atoms with Gasteiger partial charge in [0, 0.05) is 0 Å². The molecule has 5 nitrogen and oxygen atoms in total. The maximum absolute atomic E-state index is 12.2. The Morgan fingerprint density at radius 1 is 1.12 bits per heavy atom. The lowest BCUT2D eigenvalue weighted by molar-refractivity contribution is -0.274. The Bertz CT molecular complexity index is 891. The zero-order chi connectivity index (χ0) is 18.0. The van der Waals surface area contributed by atoms with Crippen LogP contribution in [0.5, 0.6) is 5.75 Å². The van der Waals surface area contributed by atoms with Crippen molar-refractivity contribution in [3.05, 3.63) is 53.1 Å². The van der Waals surface area contributed by atoms with E-state index in [0.717, 1.165) is 24.3 Å². The number of sulfonamides is 1. The maximum atomic E-state index is 12.2. The molecule has 2 rings (SSSR count). The standard InChI is InChI=1S/C14H8ClF3N2O3S/c15-13-7-10(2-1-9(13)8-19)20-24(21,22)12-5-3-11(4-6-12)23-14(16,17)18/h1-7,20H. The monoisotopic (exact) mass is 376 g/mol. The first-order valence-electron chi connectivity index (χ1n) is 6.19. The number of benzene rings is 2. The van der Waals surface area contributed by atoms with Gasteiger partial charge in [-0.1, -0.05) is 11.6 Å². The average Bonchev–Trinajstić information content (AvgIpc) is 2.46. The van der Waals surface area contributed by atoms with E-state index in [1.165, 1.54) is 18.2 Å². The molecule has 0 heterocycles. The van der Waals surface area contributed by atoms with Gasteiger partial charge in [0.15, 0.2) is 0 Å². The predicted molar refractivity (Wildman–Crippen MR) is 80.1 cm³/mol. The summed E-state index contributed by atoms with van der Waals surface area (Å²) in [6.45, 7) is 0. The van der Waals surface area contributed by atoms with E-state index in [1.807, 2.05) is 6.07 Å². The largest absolute Gasteiger partial charge is 0.573 e. The van der Waals surface area contributed by atoms with Gasteiger partial charge in [-0.2, -0.15) is 5.26 Å². The molecule has 0 bridgehead atoms. The summed E-state index contributed by atoms with van der Waals surface area (Å²) in [5.41, 5.74) is 0.280. The number of halogens is 4. The predicted octanol–water partition coefficient (Wildman–Crippen LogP) is 3.91. The summed E-state index contributed by atoms with van der Waals surface area (Å²) in [6, 6.07) is 9.45. The third-order valence-electron chi connectivity index (χ3n) is 2.71. The number of anilines is 1. The van der Waals surface area contributed by atoms with Crippen LogP contribution in [-0.4, -0.2) is 14.8 Å². The fourth-order valence-corrected chi connectivity index (χ4v) is 2.98. The third kappa shape index (κ3) is 4.53. The van der Waals surface area contributed by atoms with Crippen molar-refractivity contribution in [3.8, 4) is 11.8 Å². The number of nitrogens with zero attached hydrogens (tertiary/aromatic N) is 1. The fourth-order valence-electron chi connectivity index (χ4n) is 1.70. The molecule has 2 aromatic rings. The average molecular weight is 377 g/mol. The van der Waals surface area contributed by atoms with Crippen LogP contribution in [0.15, 0.2) is 47.4 Å². The molecule has 126 valence electrons. The molecule has 10 heteroatoms. The molecule has 0 aromatic heterocycles. The molecule has 0 unspecified atom stereocenters. The van der Waals surface area contributed by atoms with Crippen LogP contribution in [0.25, 0.3) is 0 Å². The topological polar surface area (TPSA) is 79.2 Å². The number of alkyl halides is 3. The third-order valence-corrected chi connectivity index (χ3v) is 4.42. The first-order chi connectivity index (χ1) is 11.1. The Morgan fingerprint density at radius 3 is 2.25 bits per heavy atom. The Balaban J connectivity index is 2.21. The molecule has 1 N–H and O–H groups in total. The molecule has 0 saturated heterocycles. The summed E-state index contributed by atoms with van der Waals surface area (Å²) >= 11 is 5.81. The van der Waals surface area contributed by atoms with Gasteiger partial charge in [-0.05, 0) is 42.5 Å². The highest BCUT2D eigenvalue weighted by atomic mass is 35.5. The number of rotatable bonds is 4. The highest BCUT2D eigenvalue weighted by Crippen LogP contribution is 2.26. The summed E-state index contributed by atoms with van der Waals surface area (Å²) in [4.78, 5) is -0.266. The van der Waals surface area contributed by atoms with E-state index in [-0.39, 0.29) is 21.2 Å². The van der Waals surface area contributed by atoms with Gasteiger partial charge in [-0.25, -0.2) is 8.42 Å². The molecular formula is C14H8ClF3N2O3S. The zero-order valence-electron chi connectivity index (χ0n) is 11.6.